The summed E-state index contributed by atoms with van der Waals surface area (Å²) in [4.78, 5) is 16.2. The van der Waals surface area contributed by atoms with E-state index < -0.39 is 0 Å². The topological polar surface area (TPSA) is 60.5 Å². The molecular weight excluding hydrogens is 280 g/mol. The van der Waals surface area contributed by atoms with Crippen molar-refractivity contribution in [2.24, 2.45) is 0 Å². The van der Waals surface area contributed by atoms with Crippen molar-refractivity contribution in [1.29, 1.82) is 0 Å². The molecular formula is C17H20N2O3. The number of amides is 1. The fourth-order valence-corrected chi connectivity index (χ4v) is 2.11. The summed E-state index contributed by atoms with van der Waals surface area (Å²) >= 11 is 0. The van der Waals surface area contributed by atoms with Crippen molar-refractivity contribution in [3.05, 3.63) is 47.7 Å². The van der Waals surface area contributed by atoms with Crippen LogP contribution in [0.1, 0.15) is 17.5 Å². The molecule has 5 nitrogen and oxygen atoms in total. The zero-order valence-electron chi connectivity index (χ0n) is 13.1. The number of anilines is 1. The van der Waals surface area contributed by atoms with Gasteiger partial charge in [0, 0.05) is 12.6 Å². The van der Waals surface area contributed by atoms with Crippen LogP contribution in [0.4, 0.5) is 5.82 Å². The van der Waals surface area contributed by atoms with Gasteiger partial charge in [-0.15, -0.1) is 0 Å². The molecule has 0 unspecified atom stereocenters. The minimum atomic E-state index is -0.0587. The summed E-state index contributed by atoms with van der Waals surface area (Å²) in [6.07, 6.45) is 2.67. The van der Waals surface area contributed by atoms with Crippen molar-refractivity contribution in [3.63, 3.8) is 0 Å². The molecule has 0 aliphatic carbocycles. The van der Waals surface area contributed by atoms with Crippen molar-refractivity contribution in [3.8, 4) is 11.5 Å². The molecule has 2 rings (SSSR count). The number of ether oxygens (including phenoxy) is 2. The molecule has 0 fully saturated rings. The molecule has 116 valence electrons. The molecule has 1 heterocycles. The van der Waals surface area contributed by atoms with E-state index in [0.29, 0.717) is 30.2 Å². The Labute approximate surface area is 130 Å². The maximum absolute atomic E-state index is 12.0. The lowest BCUT2D eigenvalue weighted by Gasteiger charge is -2.10. The van der Waals surface area contributed by atoms with E-state index >= 15 is 0 Å². The number of benzene rings is 1. The highest BCUT2D eigenvalue weighted by Gasteiger charge is 2.08. The van der Waals surface area contributed by atoms with Gasteiger partial charge in [0.2, 0.25) is 5.91 Å². The summed E-state index contributed by atoms with van der Waals surface area (Å²) in [5.41, 5.74) is 1.97. The molecule has 2 aromatic rings. The number of nitrogens with one attached hydrogen (secondary N) is 1. The first-order valence-corrected chi connectivity index (χ1v) is 7.06. The van der Waals surface area contributed by atoms with Crippen LogP contribution < -0.4 is 14.8 Å². The van der Waals surface area contributed by atoms with Gasteiger partial charge in [0.1, 0.15) is 5.82 Å². The van der Waals surface area contributed by atoms with Crippen molar-refractivity contribution >= 4 is 11.7 Å². The summed E-state index contributed by atoms with van der Waals surface area (Å²) in [5.74, 6) is 1.90. The lowest BCUT2D eigenvalue weighted by molar-refractivity contribution is -0.116. The Morgan fingerprint density at radius 2 is 1.95 bits per heavy atom. The second-order valence-electron chi connectivity index (χ2n) is 4.91. The quantitative estimate of drug-likeness (QED) is 0.891. The first kappa shape index (κ1) is 15.8. The van der Waals surface area contributed by atoms with Crippen LogP contribution in [-0.2, 0) is 11.2 Å². The summed E-state index contributed by atoms with van der Waals surface area (Å²) in [5, 5.41) is 2.83. The van der Waals surface area contributed by atoms with E-state index in [0.717, 1.165) is 11.1 Å². The minimum Gasteiger partial charge on any atom is -0.493 e. The lowest BCUT2D eigenvalue weighted by Crippen LogP contribution is -2.14. The maximum atomic E-state index is 12.0. The van der Waals surface area contributed by atoms with Crippen LogP contribution in [0.2, 0.25) is 0 Å². The lowest BCUT2D eigenvalue weighted by atomic mass is 10.1. The van der Waals surface area contributed by atoms with Crippen molar-refractivity contribution in [2.75, 3.05) is 19.5 Å². The number of rotatable bonds is 6. The molecule has 0 saturated carbocycles. The second kappa shape index (κ2) is 7.45. The summed E-state index contributed by atoms with van der Waals surface area (Å²) in [7, 11) is 3.19. The van der Waals surface area contributed by atoms with Gasteiger partial charge >= 0.3 is 0 Å². The first-order chi connectivity index (χ1) is 10.6. The smallest absolute Gasteiger partial charge is 0.225 e. The predicted molar refractivity (Wildman–Crippen MR) is 85.5 cm³/mol. The SMILES string of the molecule is COc1ccc(CCC(=O)Nc2ncccc2C)cc1OC. The number of carbonyl (C=O) groups excluding carboxylic acids is 1. The van der Waals surface area contributed by atoms with Gasteiger partial charge < -0.3 is 14.8 Å². The van der Waals surface area contributed by atoms with E-state index in [9.17, 15) is 4.79 Å². The van der Waals surface area contributed by atoms with Gasteiger partial charge in [0.15, 0.2) is 11.5 Å². The van der Waals surface area contributed by atoms with E-state index in [4.69, 9.17) is 9.47 Å². The molecule has 0 spiro atoms. The molecule has 0 atom stereocenters. The standard InChI is InChI=1S/C17H20N2O3/c1-12-5-4-10-18-17(12)19-16(20)9-7-13-6-8-14(21-2)15(11-13)22-3/h4-6,8,10-11H,7,9H2,1-3H3,(H,18,19,20). The number of hydrogen-bond acceptors (Lipinski definition) is 4. The van der Waals surface area contributed by atoms with Crippen LogP contribution in [-0.4, -0.2) is 25.1 Å². The van der Waals surface area contributed by atoms with E-state index in [-0.39, 0.29) is 5.91 Å². The van der Waals surface area contributed by atoms with Gasteiger partial charge in [0.25, 0.3) is 0 Å². The third-order valence-corrected chi connectivity index (χ3v) is 3.36. The van der Waals surface area contributed by atoms with E-state index in [1.165, 1.54) is 0 Å². The van der Waals surface area contributed by atoms with Gasteiger partial charge in [0.05, 0.1) is 14.2 Å². The predicted octanol–water partition coefficient (Wildman–Crippen LogP) is 2.98. The molecule has 1 N–H and O–H groups in total. The largest absolute Gasteiger partial charge is 0.493 e. The number of nitrogens with zero attached hydrogens (tertiary/aromatic N) is 1. The molecule has 1 amide bonds. The van der Waals surface area contributed by atoms with Crippen molar-refractivity contribution < 1.29 is 14.3 Å². The van der Waals surface area contributed by atoms with Crippen LogP contribution in [0.3, 0.4) is 0 Å². The fourth-order valence-electron chi connectivity index (χ4n) is 2.11. The second-order valence-corrected chi connectivity index (χ2v) is 4.91. The number of pyridine rings is 1. The third kappa shape index (κ3) is 3.97. The normalized spacial score (nSPS) is 10.1. The number of aryl methyl sites for hydroxylation is 2. The highest BCUT2D eigenvalue weighted by molar-refractivity contribution is 5.90. The molecule has 0 aliphatic rings. The first-order valence-electron chi connectivity index (χ1n) is 7.06. The highest BCUT2D eigenvalue weighted by Crippen LogP contribution is 2.28. The van der Waals surface area contributed by atoms with Crippen LogP contribution in [0.5, 0.6) is 11.5 Å². The Kier molecular flexibility index (Phi) is 5.36. The Bertz CT molecular complexity index is 656. The maximum Gasteiger partial charge on any atom is 0.225 e. The zero-order chi connectivity index (χ0) is 15.9. The molecule has 0 radical (unpaired) electrons. The van der Waals surface area contributed by atoms with Gasteiger partial charge in [-0.3, -0.25) is 4.79 Å². The number of aromatic nitrogens is 1. The molecule has 0 aliphatic heterocycles. The highest BCUT2D eigenvalue weighted by atomic mass is 16.5. The number of methoxy groups -OCH3 is 2. The molecule has 5 heteroatoms. The van der Waals surface area contributed by atoms with Crippen LogP contribution in [0.15, 0.2) is 36.5 Å². The zero-order valence-corrected chi connectivity index (χ0v) is 13.1. The van der Waals surface area contributed by atoms with E-state index in [1.807, 2.05) is 37.3 Å². The number of carbonyl (C=O) groups is 1. The number of hydrogen-bond donors (Lipinski definition) is 1. The molecule has 0 saturated heterocycles. The van der Waals surface area contributed by atoms with E-state index in [1.54, 1.807) is 20.4 Å². The van der Waals surface area contributed by atoms with Crippen LogP contribution >= 0.6 is 0 Å². The van der Waals surface area contributed by atoms with Crippen LogP contribution in [0.25, 0.3) is 0 Å². The van der Waals surface area contributed by atoms with E-state index in [2.05, 4.69) is 10.3 Å². The Morgan fingerprint density at radius 1 is 1.18 bits per heavy atom. The molecule has 0 bridgehead atoms. The molecule has 1 aromatic carbocycles. The van der Waals surface area contributed by atoms with Gasteiger partial charge in [-0.1, -0.05) is 12.1 Å². The average molecular weight is 300 g/mol. The Hall–Kier alpha value is -2.56. The van der Waals surface area contributed by atoms with Gasteiger partial charge in [-0.2, -0.15) is 0 Å². The fraction of sp³-hybridized carbons (Fsp3) is 0.294. The van der Waals surface area contributed by atoms with Crippen LogP contribution in [0, 0.1) is 6.92 Å². The Morgan fingerprint density at radius 3 is 2.64 bits per heavy atom. The van der Waals surface area contributed by atoms with Crippen molar-refractivity contribution in [1.82, 2.24) is 4.98 Å². The third-order valence-electron chi connectivity index (χ3n) is 3.36. The Balaban J connectivity index is 1.95. The van der Waals surface area contributed by atoms with Crippen molar-refractivity contribution in [2.45, 2.75) is 19.8 Å². The minimum absolute atomic E-state index is 0.0587. The molecule has 22 heavy (non-hydrogen) atoms. The van der Waals surface area contributed by atoms with Gasteiger partial charge in [-0.25, -0.2) is 4.98 Å². The average Bonchev–Trinajstić information content (AvgIpc) is 2.54. The van der Waals surface area contributed by atoms with Gasteiger partial charge in [-0.05, 0) is 42.7 Å². The summed E-state index contributed by atoms with van der Waals surface area (Å²) < 4.78 is 10.5. The summed E-state index contributed by atoms with van der Waals surface area (Å²) in [6.45, 7) is 1.91. The molecule has 1 aromatic heterocycles. The monoisotopic (exact) mass is 300 g/mol. The summed E-state index contributed by atoms with van der Waals surface area (Å²) in [6, 6.07) is 9.42.